The highest BCUT2D eigenvalue weighted by Crippen LogP contribution is 2.06. The van der Waals surface area contributed by atoms with E-state index in [1.807, 2.05) is 0 Å². The lowest BCUT2D eigenvalue weighted by molar-refractivity contribution is 0.268. The van der Waals surface area contributed by atoms with Crippen LogP contribution in [0.25, 0.3) is 0 Å². The topological polar surface area (TPSA) is 17.3 Å². The Balaban J connectivity index is 2.28. The van der Waals surface area contributed by atoms with Crippen molar-refractivity contribution in [3.05, 3.63) is 0 Å². The van der Waals surface area contributed by atoms with E-state index in [2.05, 4.69) is 33.2 Å². The van der Waals surface area contributed by atoms with Crippen molar-refractivity contribution in [3.8, 4) is 0 Å². The second kappa shape index (κ2) is 2.80. The first-order valence-electron chi connectivity index (χ1n) is 2.78. The quantitative estimate of drug-likeness (QED) is 0.384. The molecule has 0 aromatic heterocycles. The van der Waals surface area contributed by atoms with Gasteiger partial charge in [0.05, 0.1) is 4.95 Å². The van der Waals surface area contributed by atoms with Crippen LogP contribution >= 0.6 is 15.9 Å². The van der Waals surface area contributed by atoms with E-state index >= 15 is 0 Å². The first-order valence-corrected chi connectivity index (χ1v) is 3.70. The molecule has 0 spiro atoms. The fourth-order valence-electron chi connectivity index (χ4n) is 0.706. The second-order valence-corrected chi connectivity index (χ2v) is 3.10. The molecule has 0 bridgehead atoms. The Morgan fingerprint density at radius 3 is 2.88 bits per heavy atom. The van der Waals surface area contributed by atoms with E-state index in [9.17, 15) is 0 Å². The average Bonchev–Trinajstić information content (AvgIpc) is 1.77. The summed E-state index contributed by atoms with van der Waals surface area (Å²) >= 11 is 3.49. The fourth-order valence-corrected chi connectivity index (χ4v) is 1.12. The van der Waals surface area contributed by atoms with Gasteiger partial charge in [-0.3, -0.25) is 4.90 Å². The summed E-state index contributed by atoms with van der Waals surface area (Å²) in [6.07, 6.45) is 0. The molecule has 1 atom stereocenters. The van der Waals surface area contributed by atoms with E-state index in [1.165, 1.54) is 0 Å². The lowest BCUT2D eigenvalue weighted by Crippen LogP contribution is -2.42. The van der Waals surface area contributed by atoms with E-state index in [-0.39, 0.29) is 0 Å². The number of nitrogens with zero attached hydrogens (tertiary/aromatic N) is 2. The van der Waals surface area contributed by atoms with Crippen LogP contribution in [0.2, 0.25) is 0 Å². The normalized spacial score (nSPS) is 33.0. The van der Waals surface area contributed by atoms with Crippen molar-refractivity contribution in [3.63, 3.8) is 0 Å². The van der Waals surface area contributed by atoms with Crippen LogP contribution in [-0.4, -0.2) is 36.5 Å². The zero-order chi connectivity index (χ0) is 5.98. The highest BCUT2D eigenvalue weighted by molar-refractivity contribution is 9.09. The predicted molar refractivity (Wildman–Crippen MR) is 37.2 cm³/mol. The van der Waals surface area contributed by atoms with Gasteiger partial charge in [0, 0.05) is 19.6 Å². The molecule has 2 nitrogen and oxygen atoms in total. The van der Waals surface area contributed by atoms with Crippen LogP contribution in [0.4, 0.5) is 0 Å². The van der Waals surface area contributed by atoms with Gasteiger partial charge in [-0.05, 0) is 7.05 Å². The van der Waals surface area contributed by atoms with Gasteiger partial charge in [0.2, 0.25) is 0 Å². The van der Waals surface area contributed by atoms with E-state index in [1.54, 1.807) is 0 Å². The van der Waals surface area contributed by atoms with Crippen molar-refractivity contribution in [1.29, 1.82) is 0 Å². The summed E-state index contributed by atoms with van der Waals surface area (Å²) in [5.41, 5.74) is 0. The van der Waals surface area contributed by atoms with Crippen molar-refractivity contribution in [1.82, 2.24) is 10.2 Å². The third-order valence-electron chi connectivity index (χ3n) is 1.37. The Morgan fingerprint density at radius 2 is 2.50 bits per heavy atom. The summed E-state index contributed by atoms with van der Waals surface area (Å²) < 4.78 is 0. The van der Waals surface area contributed by atoms with Gasteiger partial charge in [-0.25, -0.2) is 5.32 Å². The summed E-state index contributed by atoms with van der Waals surface area (Å²) in [6.45, 7) is 3.03. The predicted octanol–water partition coefficient (Wildman–Crippen LogP) is 0.257. The van der Waals surface area contributed by atoms with Crippen LogP contribution in [0.5, 0.6) is 0 Å². The minimum absolute atomic E-state index is 0.483. The lowest BCUT2D eigenvalue weighted by atomic mass is 10.4. The number of alkyl halides is 1. The Bertz CT molecular complexity index is 66.8. The Hall–Kier alpha value is 0.400. The van der Waals surface area contributed by atoms with Gasteiger partial charge < -0.3 is 0 Å². The van der Waals surface area contributed by atoms with Crippen LogP contribution in [0.3, 0.4) is 0 Å². The van der Waals surface area contributed by atoms with Crippen LogP contribution in [0.1, 0.15) is 0 Å². The summed E-state index contributed by atoms with van der Waals surface area (Å²) in [6, 6.07) is 0. The third-order valence-corrected chi connectivity index (χ3v) is 2.36. The molecule has 1 unspecified atom stereocenters. The summed E-state index contributed by atoms with van der Waals surface area (Å²) in [5, 5.41) is 4.22. The smallest absolute Gasteiger partial charge is 0.0796 e. The molecule has 1 heterocycles. The molecule has 1 rings (SSSR count). The SMILES string of the molecule is CN1CC[N]CC1Br. The number of likely N-dealkylation sites (N-methyl/N-ethyl adjacent to an activating group) is 1. The second-order valence-electron chi connectivity index (χ2n) is 2.04. The molecule has 1 aliphatic heterocycles. The maximum absolute atomic E-state index is 4.22. The first kappa shape index (κ1) is 6.52. The maximum Gasteiger partial charge on any atom is 0.0796 e. The van der Waals surface area contributed by atoms with E-state index in [0.717, 1.165) is 19.6 Å². The van der Waals surface area contributed by atoms with Crippen molar-refractivity contribution < 1.29 is 0 Å². The third kappa shape index (κ3) is 1.44. The molecule has 0 aromatic rings. The maximum atomic E-state index is 4.22. The molecule has 1 aliphatic rings. The zero-order valence-corrected chi connectivity index (χ0v) is 6.56. The molecule has 1 saturated heterocycles. The molecule has 3 heteroatoms. The van der Waals surface area contributed by atoms with Crippen molar-refractivity contribution in [2.24, 2.45) is 0 Å². The molecule has 0 aromatic carbocycles. The van der Waals surface area contributed by atoms with Crippen LogP contribution in [0.15, 0.2) is 0 Å². The van der Waals surface area contributed by atoms with E-state index in [4.69, 9.17) is 0 Å². The molecular weight excluding hydrogens is 168 g/mol. The van der Waals surface area contributed by atoms with Gasteiger partial charge >= 0.3 is 0 Å². The Labute approximate surface area is 58.4 Å². The van der Waals surface area contributed by atoms with E-state index in [0.29, 0.717) is 4.95 Å². The lowest BCUT2D eigenvalue weighted by Gasteiger charge is -2.27. The van der Waals surface area contributed by atoms with Crippen LogP contribution in [0, 0.1) is 0 Å². The van der Waals surface area contributed by atoms with Gasteiger partial charge in [-0.2, -0.15) is 0 Å². The fraction of sp³-hybridized carbons (Fsp3) is 1.00. The highest BCUT2D eigenvalue weighted by Gasteiger charge is 2.14. The Morgan fingerprint density at radius 1 is 1.75 bits per heavy atom. The molecule has 47 valence electrons. The number of hydrogen-bond acceptors (Lipinski definition) is 1. The average molecular weight is 178 g/mol. The van der Waals surface area contributed by atoms with Gasteiger partial charge in [0.15, 0.2) is 0 Å². The molecule has 1 radical (unpaired) electrons. The summed E-state index contributed by atoms with van der Waals surface area (Å²) in [5.74, 6) is 0. The molecule has 0 aliphatic carbocycles. The molecule has 1 fully saturated rings. The minimum atomic E-state index is 0.483. The number of halogens is 1. The first-order chi connectivity index (χ1) is 3.80. The number of piperazine rings is 1. The van der Waals surface area contributed by atoms with E-state index < -0.39 is 0 Å². The molecule has 0 saturated carbocycles. The largest absolute Gasteiger partial charge is 0.292 e. The number of hydrogen-bond donors (Lipinski definition) is 0. The van der Waals surface area contributed by atoms with Gasteiger partial charge in [-0.1, -0.05) is 15.9 Å². The number of rotatable bonds is 0. The molecule has 0 N–H and O–H groups in total. The Kier molecular flexibility index (Phi) is 2.28. The molecular formula is C5H10BrN2. The standard InChI is InChI=1S/C5H10BrN2/c1-8-3-2-7-4-5(8)6/h5H,2-4H2,1H3. The summed E-state index contributed by atoms with van der Waals surface area (Å²) in [7, 11) is 2.11. The minimum Gasteiger partial charge on any atom is -0.292 e. The molecule has 8 heavy (non-hydrogen) atoms. The monoisotopic (exact) mass is 177 g/mol. The van der Waals surface area contributed by atoms with Crippen molar-refractivity contribution >= 4 is 15.9 Å². The van der Waals surface area contributed by atoms with Crippen molar-refractivity contribution in [2.75, 3.05) is 26.7 Å². The van der Waals surface area contributed by atoms with Gasteiger partial charge in [0.25, 0.3) is 0 Å². The van der Waals surface area contributed by atoms with Gasteiger partial charge in [0.1, 0.15) is 0 Å². The van der Waals surface area contributed by atoms with Gasteiger partial charge in [-0.15, -0.1) is 0 Å². The molecule has 0 amide bonds. The van der Waals surface area contributed by atoms with Crippen LogP contribution in [-0.2, 0) is 0 Å². The van der Waals surface area contributed by atoms with Crippen LogP contribution < -0.4 is 5.32 Å². The summed E-state index contributed by atoms with van der Waals surface area (Å²) in [4.78, 5) is 2.74. The highest BCUT2D eigenvalue weighted by atomic mass is 79.9. The zero-order valence-electron chi connectivity index (χ0n) is 4.97. The van der Waals surface area contributed by atoms with Crippen molar-refractivity contribution in [2.45, 2.75) is 4.95 Å².